The van der Waals surface area contributed by atoms with Gasteiger partial charge in [0.25, 0.3) is 0 Å². The SMILES string of the molecule is CNC(C=C(C)C)C1CCCC1C. The van der Waals surface area contributed by atoms with Crippen LogP contribution in [0.1, 0.15) is 40.0 Å². The third-order valence-corrected chi connectivity index (χ3v) is 3.24. The molecule has 3 unspecified atom stereocenters. The van der Waals surface area contributed by atoms with E-state index in [-0.39, 0.29) is 0 Å². The van der Waals surface area contributed by atoms with Crippen molar-refractivity contribution in [3.63, 3.8) is 0 Å². The lowest BCUT2D eigenvalue weighted by Crippen LogP contribution is -2.33. The van der Waals surface area contributed by atoms with Crippen LogP contribution in [0.2, 0.25) is 0 Å². The van der Waals surface area contributed by atoms with E-state index in [1.807, 2.05) is 0 Å². The Morgan fingerprint density at radius 2 is 2.08 bits per heavy atom. The molecule has 1 aliphatic carbocycles. The fourth-order valence-corrected chi connectivity index (χ4v) is 2.49. The predicted octanol–water partition coefficient (Wildman–Crippen LogP) is 2.98. The van der Waals surface area contributed by atoms with Gasteiger partial charge in [0.2, 0.25) is 0 Å². The summed E-state index contributed by atoms with van der Waals surface area (Å²) in [5.41, 5.74) is 1.43. The van der Waals surface area contributed by atoms with Gasteiger partial charge in [-0.2, -0.15) is 0 Å². The molecular weight excluding hydrogens is 158 g/mol. The van der Waals surface area contributed by atoms with Gasteiger partial charge in [0, 0.05) is 6.04 Å². The van der Waals surface area contributed by atoms with Crippen molar-refractivity contribution in [2.45, 2.75) is 46.1 Å². The van der Waals surface area contributed by atoms with Gasteiger partial charge in [-0.3, -0.25) is 0 Å². The second-order valence-electron chi connectivity index (χ2n) is 4.63. The van der Waals surface area contributed by atoms with Crippen LogP contribution >= 0.6 is 0 Å². The molecular formula is C12H23N. The van der Waals surface area contributed by atoms with Gasteiger partial charge in [-0.25, -0.2) is 0 Å². The van der Waals surface area contributed by atoms with Crippen LogP contribution in [0.25, 0.3) is 0 Å². The van der Waals surface area contributed by atoms with Crippen LogP contribution in [-0.4, -0.2) is 13.1 Å². The van der Waals surface area contributed by atoms with E-state index in [9.17, 15) is 0 Å². The molecule has 1 aliphatic rings. The van der Waals surface area contributed by atoms with E-state index in [4.69, 9.17) is 0 Å². The van der Waals surface area contributed by atoms with E-state index in [2.05, 4.69) is 39.2 Å². The normalized spacial score (nSPS) is 30.2. The Kier molecular flexibility index (Phi) is 3.98. The smallest absolute Gasteiger partial charge is 0.0280 e. The molecule has 1 heteroatoms. The van der Waals surface area contributed by atoms with Crippen LogP contribution in [0.15, 0.2) is 11.6 Å². The number of nitrogens with one attached hydrogen (secondary N) is 1. The van der Waals surface area contributed by atoms with Crippen molar-refractivity contribution in [3.8, 4) is 0 Å². The topological polar surface area (TPSA) is 12.0 Å². The number of hydrogen-bond acceptors (Lipinski definition) is 1. The average Bonchev–Trinajstić information content (AvgIpc) is 2.47. The lowest BCUT2D eigenvalue weighted by Gasteiger charge is -2.24. The van der Waals surface area contributed by atoms with Gasteiger partial charge in [0.15, 0.2) is 0 Å². The van der Waals surface area contributed by atoms with E-state index in [1.54, 1.807) is 0 Å². The molecule has 1 fully saturated rings. The molecule has 0 amide bonds. The van der Waals surface area contributed by atoms with E-state index in [0.29, 0.717) is 6.04 Å². The Morgan fingerprint density at radius 1 is 1.38 bits per heavy atom. The maximum absolute atomic E-state index is 3.43. The van der Waals surface area contributed by atoms with Crippen molar-refractivity contribution >= 4 is 0 Å². The summed E-state index contributed by atoms with van der Waals surface area (Å²) in [4.78, 5) is 0. The van der Waals surface area contributed by atoms with E-state index in [1.165, 1.54) is 24.8 Å². The summed E-state index contributed by atoms with van der Waals surface area (Å²) in [5.74, 6) is 1.76. The molecule has 0 aliphatic heterocycles. The highest BCUT2D eigenvalue weighted by Crippen LogP contribution is 2.34. The molecule has 0 bridgehead atoms. The van der Waals surface area contributed by atoms with Gasteiger partial charge >= 0.3 is 0 Å². The van der Waals surface area contributed by atoms with Gasteiger partial charge in [-0.15, -0.1) is 0 Å². The summed E-state index contributed by atoms with van der Waals surface area (Å²) in [6.45, 7) is 6.76. The first-order chi connectivity index (χ1) is 6.15. The number of hydrogen-bond donors (Lipinski definition) is 1. The minimum Gasteiger partial charge on any atom is -0.313 e. The quantitative estimate of drug-likeness (QED) is 0.660. The predicted molar refractivity (Wildman–Crippen MR) is 58.8 cm³/mol. The van der Waals surface area contributed by atoms with Crippen molar-refractivity contribution in [3.05, 3.63) is 11.6 Å². The Hall–Kier alpha value is -0.300. The highest BCUT2D eigenvalue weighted by Gasteiger charge is 2.28. The van der Waals surface area contributed by atoms with Gasteiger partial charge in [-0.05, 0) is 39.2 Å². The standard InChI is InChI=1S/C12H23N/c1-9(2)8-12(13-4)11-7-5-6-10(11)3/h8,10-13H,5-7H2,1-4H3. The fourth-order valence-electron chi connectivity index (χ4n) is 2.49. The molecule has 13 heavy (non-hydrogen) atoms. The van der Waals surface area contributed by atoms with E-state index in [0.717, 1.165) is 11.8 Å². The zero-order valence-electron chi connectivity index (χ0n) is 9.43. The van der Waals surface area contributed by atoms with E-state index < -0.39 is 0 Å². The van der Waals surface area contributed by atoms with Gasteiger partial charge in [0.05, 0.1) is 0 Å². The van der Waals surface area contributed by atoms with Gasteiger partial charge < -0.3 is 5.32 Å². The Bertz CT molecular complexity index is 180. The van der Waals surface area contributed by atoms with Crippen LogP contribution in [0.5, 0.6) is 0 Å². The number of rotatable bonds is 3. The minimum atomic E-state index is 0.600. The zero-order chi connectivity index (χ0) is 9.84. The molecule has 1 saturated carbocycles. The van der Waals surface area contributed by atoms with Gasteiger partial charge in [0.1, 0.15) is 0 Å². The number of allylic oxidation sites excluding steroid dienone is 1. The second kappa shape index (κ2) is 4.80. The monoisotopic (exact) mass is 181 g/mol. The summed E-state index contributed by atoms with van der Waals surface area (Å²) < 4.78 is 0. The Labute approximate surface area is 82.6 Å². The van der Waals surface area contributed by atoms with Gasteiger partial charge in [-0.1, -0.05) is 31.4 Å². The maximum atomic E-state index is 3.43. The van der Waals surface area contributed by atoms with Crippen LogP contribution < -0.4 is 5.32 Å². The van der Waals surface area contributed by atoms with Crippen LogP contribution in [0, 0.1) is 11.8 Å². The van der Waals surface area contributed by atoms with Crippen LogP contribution in [0.3, 0.4) is 0 Å². The molecule has 0 aromatic heterocycles. The first-order valence-electron chi connectivity index (χ1n) is 5.47. The van der Waals surface area contributed by atoms with Crippen molar-refractivity contribution in [1.29, 1.82) is 0 Å². The molecule has 3 atom stereocenters. The summed E-state index contributed by atoms with van der Waals surface area (Å²) in [6, 6.07) is 0.600. The average molecular weight is 181 g/mol. The first-order valence-corrected chi connectivity index (χ1v) is 5.47. The lowest BCUT2D eigenvalue weighted by molar-refractivity contribution is 0.350. The highest BCUT2D eigenvalue weighted by atomic mass is 14.9. The summed E-state index contributed by atoms with van der Waals surface area (Å²) >= 11 is 0. The molecule has 1 rings (SSSR count). The minimum absolute atomic E-state index is 0.600. The molecule has 0 spiro atoms. The number of likely N-dealkylation sites (N-methyl/N-ethyl adjacent to an activating group) is 1. The molecule has 0 radical (unpaired) electrons. The van der Waals surface area contributed by atoms with E-state index >= 15 is 0 Å². The third-order valence-electron chi connectivity index (χ3n) is 3.24. The zero-order valence-corrected chi connectivity index (χ0v) is 9.43. The van der Waals surface area contributed by atoms with Crippen LogP contribution in [0.4, 0.5) is 0 Å². The molecule has 1 N–H and O–H groups in total. The molecule has 76 valence electrons. The molecule has 0 aromatic carbocycles. The second-order valence-corrected chi connectivity index (χ2v) is 4.63. The third kappa shape index (κ3) is 2.84. The van der Waals surface area contributed by atoms with Crippen molar-refractivity contribution in [2.75, 3.05) is 7.05 Å². The molecule has 0 saturated heterocycles. The summed E-state index contributed by atoms with van der Waals surface area (Å²) in [5, 5.41) is 3.43. The van der Waals surface area contributed by atoms with Crippen molar-refractivity contribution in [2.24, 2.45) is 11.8 Å². The summed E-state index contributed by atoms with van der Waals surface area (Å²) in [6.07, 6.45) is 6.61. The molecule has 0 aromatic rings. The molecule has 0 heterocycles. The Balaban J connectivity index is 2.60. The largest absolute Gasteiger partial charge is 0.313 e. The first kappa shape index (κ1) is 10.8. The lowest BCUT2D eigenvalue weighted by atomic mass is 9.89. The van der Waals surface area contributed by atoms with Crippen molar-refractivity contribution < 1.29 is 0 Å². The summed E-state index contributed by atoms with van der Waals surface area (Å²) in [7, 11) is 2.08. The van der Waals surface area contributed by atoms with Crippen molar-refractivity contribution in [1.82, 2.24) is 5.32 Å². The Morgan fingerprint density at radius 3 is 2.46 bits per heavy atom. The fraction of sp³-hybridized carbons (Fsp3) is 0.833. The maximum Gasteiger partial charge on any atom is 0.0280 e. The highest BCUT2D eigenvalue weighted by molar-refractivity contribution is 5.04. The van der Waals surface area contributed by atoms with Crippen LogP contribution in [-0.2, 0) is 0 Å². The molecule has 1 nitrogen and oxygen atoms in total.